The molecule has 0 saturated heterocycles. The van der Waals surface area contributed by atoms with E-state index in [0.717, 1.165) is 12.3 Å². The summed E-state index contributed by atoms with van der Waals surface area (Å²) in [5, 5.41) is 0. The Morgan fingerprint density at radius 1 is 1.29 bits per heavy atom. The van der Waals surface area contributed by atoms with Gasteiger partial charge in [0.1, 0.15) is 0 Å². The van der Waals surface area contributed by atoms with Gasteiger partial charge in [-0.25, -0.2) is 0 Å². The Hall–Kier alpha value is -0.930. The molecule has 21 heavy (non-hydrogen) atoms. The smallest absolute Gasteiger partial charge is 0.0482 e. The predicted octanol–water partition coefficient (Wildman–Crippen LogP) is 2.95. The van der Waals surface area contributed by atoms with Crippen molar-refractivity contribution in [2.45, 2.75) is 62.9 Å². The van der Waals surface area contributed by atoms with Crippen molar-refractivity contribution in [3.05, 3.63) is 29.6 Å². The van der Waals surface area contributed by atoms with E-state index in [2.05, 4.69) is 43.0 Å². The number of rotatable bonds is 3. The van der Waals surface area contributed by atoms with Crippen molar-refractivity contribution < 1.29 is 0 Å². The minimum Gasteiger partial charge on any atom is -0.326 e. The van der Waals surface area contributed by atoms with E-state index < -0.39 is 0 Å². The van der Waals surface area contributed by atoms with Gasteiger partial charge in [-0.1, -0.05) is 13.0 Å². The molecule has 3 heteroatoms. The molecule has 2 N–H and O–H groups in total. The zero-order chi connectivity index (χ0) is 15.0. The van der Waals surface area contributed by atoms with Crippen LogP contribution in [0, 0.1) is 5.92 Å². The van der Waals surface area contributed by atoms with Crippen molar-refractivity contribution in [3.8, 4) is 0 Å². The van der Waals surface area contributed by atoms with Crippen molar-refractivity contribution in [2.24, 2.45) is 11.7 Å². The fourth-order valence-electron chi connectivity index (χ4n) is 4.51. The molecule has 0 radical (unpaired) electrons. The molecule has 1 aromatic heterocycles. The summed E-state index contributed by atoms with van der Waals surface area (Å²) in [6.45, 7) is 2.37. The van der Waals surface area contributed by atoms with Crippen LogP contribution in [0.25, 0.3) is 0 Å². The molecule has 2 aliphatic carbocycles. The van der Waals surface area contributed by atoms with Crippen molar-refractivity contribution in [2.75, 3.05) is 14.1 Å². The molecule has 1 heterocycles. The lowest BCUT2D eigenvalue weighted by molar-refractivity contribution is 0.0472. The maximum absolute atomic E-state index is 6.87. The largest absolute Gasteiger partial charge is 0.326 e. The summed E-state index contributed by atoms with van der Waals surface area (Å²) in [5.74, 6) is 1.27. The maximum Gasteiger partial charge on any atom is 0.0482 e. The van der Waals surface area contributed by atoms with Crippen LogP contribution in [0.5, 0.6) is 0 Å². The van der Waals surface area contributed by atoms with Gasteiger partial charge in [0.15, 0.2) is 0 Å². The summed E-state index contributed by atoms with van der Waals surface area (Å²) >= 11 is 0. The molecule has 1 aromatic rings. The molecule has 0 aliphatic heterocycles. The number of aryl methyl sites for hydroxylation is 1. The lowest BCUT2D eigenvalue weighted by atomic mass is 9.68. The molecule has 116 valence electrons. The maximum atomic E-state index is 6.87. The minimum absolute atomic E-state index is 0.149. The highest BCUT2D eigenvalue weighted by Gasteiger charge is 2.46. The van der Waals surface area contributed by atoms with E-state index in [0.29, 0.717) is 5.92 Å². The molecule has 2 unspecified atom stereocenters. The van der Waals surface area contributed by atoms with E-state index in [9.17, 15) is 0 Å². The van der Waals surface area contributed by atoms with Gasteiger partial charge in [0.25, 0.3) is 0 Å². The van der Waals surface area contributed by atoms with Gasteiger partial charge in [-0.3, -0.25) is 4.98 Å². The number of nitrogens with two attached hydrogens (primary N) is 1. The zero-order valence-electron chi connectivity index (χ0n) is 13.7. The molecule has 0 spiro atoms. The molecule has 2 atom stereocenters. The number of hydrogen-bond donors (Lipinski definition) is 1. The third-order valence-electron chi connectivity index (χ3n) is 6.09. The van der Waals surface area contributed by atoms with Gasteiger partial charge in [-0.05, 0) is 70.2 Å². The quantitative estimate of drug-likeness (QED) is 0.929. The van der Waals surface area contributed by atoms with Crippen LogP contribution >= 0.6 is 0 Å². The first-order valence-corrected chi connectivity index (χ1v) is 8.41. The van der Waals surface area contributed by atoms with E-state index in [4.69, 9.17) is 5.73 Å². The van der Waals surface area contributed by atoms with Crippen LogP contribution in [0.15, 0.2) is 18.3 Å². The zero-order valence-corrected chi connectivity index (χ0v) is 13.7. The molecule has 0 bridgehead atoms. The molecular formula is C18H29N3. The van der Waals surface area contributed by atoms with Gasteiger partial charge in [0, 0.05) is 29.4 Å². The van der Waals surface area contributed by atoms with Crippen LogP contribution in [0.3, 0.4) is 0 Å². The van der Waals surface area contributed by atoms with Crippen molar-refractivity contribution in [1.29, 1.82) is 0 Å². The summed E-state index contributed by atoms with van der Waals surface area (Å²) < 4.78 is 0. The molecule has 3 nitrogen and oxygen atoms in total. The Morgan fingerprint density at radius 2 is 2.00 bits per heavy atom. The van der Waals surface area contributed by atoms with Crippen LogP contribution in [-0.2, 0) is 6.42 Å². The molecule has 0 amide bonds. The fourth-order valence-corrected chi connectivity index (χ4v) is 4.51. The third-order valence-corrected chi connectivity index (χ3v) is 6.09. The fraction of sp³-hybridized carbons (Fsp3) is 0.722. The van der Waals surface area contributed by atoms with Crippen molar-refractivity contribution in [3.63, 3.8) is 0 Å². The molecule has 2 aliphatic rings. The van der Waals surface area contributed by atoms with Crippen LogP contribution in [0.2, 0.25) is 0 Å². The standard InChI is InChI=1S/C18H29N3/c1-13-8-10-18(11-9-13,21(2)3)17(19)15-7-6-14-5-4-12-20-16(14)15/h4-5,12-13,15,17H,6-11,19H2,1-3H3. The minimum atomic E-state index is 0.149. The number of fused-ring (bicyclic) bond motifs is 1. The Balaban J connectivity index is 1.88. The lowest BCUT2D eigenvalue weighted by Crippen LogP contribution is -2.60. The highest BCUT2D eigenvalue weighted by atomic mass is 15.2. The third kappa shape index (κ3) is 2.51. The number of likely N-dealkylation sites (N-methyl/N-ethyl adjacent to an activating group) is 1. The van der Waals surface area contributed by atoms with Crippen LogP contribution in [-0.4, -0.2) is 35.6 Å². The van der Waals surface area contributed by atoms with Crippen LogP contribution < -0.4 is 5.73 Å². The summed E-state index contributed by atoms with van der Waals surface area (Å²) in [6.07, 6.45) is 9.28. The average molecular weight is 287 g/mol. The second-order valence-electron chi connectivity index (χ2n) is 7.40. The van der Waals surface area contributed by atoms with Crippen LogP contribution in [0.1, 0.15) is 56.2 Å². The number of pyridine rings is 1. The van der Waals surface area contributed by atoms with Crippen LogP contribution in [0.4, 0.5) is 0 Å². The molecule has 0 aromatic carbocycles. The topological polar surface area (TPSA) is 42.1 Å². The monoisotopic (exact) mass is 287 g/mol. The number of nitrogens with zero attached hydrogens (tertiary/aromatic N) is 2. The molecule has 1 fully saturated rings. The second-order valence-corrected chi connectivity index (χ2v) is 7.40. The average Bonchev–Trinajstić information content (AvgIpc) is 2.91. The van der Waals surface area contributed by atoms with Crippen molar-refractivity contribution in [1.82, 2.24) is 9.88 Å². The first-order chi connectivity index (χ1) is 10.0. The number of hydrogen-bond acceptors (Lipinski definition) is 3. The summed E-state index contributed by atoms with van der Waals surface area (Å²) in [4.78, 5) is 7.07. The first kappa shape index (κ1) is 15.0. The Kier molecular flexibility index (Phi) is 4.06. The Bertz CT molecular complexity index is 489. The number of aromatic nitrogens is 1. The van der Waals surface area contributed by atoms with Gasteiger partial charge in [0.2, 0.25) is 0 Å². The highest BCUT2D eigenvalue weighted by molar-refractivity contribution is 5.31. The van der Waals surface area contributed by atoms with E-state index in [1.54, 1.807) is 0 Å². The van der Waals surface area contributed by atoms with E-state index in [1.165, 1.54) is 43.4 Å². The van der Waals surface area contributed by atoms with Gasteiger partial charge in [0.05, 0.1) is 0 Å². The van der Waals surface area contributed by atoms with Crippen molar-refractivity contribution >= 4 is 0 Å². The lowest BCUT2D eigenvalue weighted by Gasteiger charge is -2.50. The molecule has 3 rings (SSSR count). The van der Waals surface area contributed by atoms with Gasteiger partial charge >= 0.3 is 0 Å². The summed E-state index contributed by atoms with van der Waals surface area (Å²) in [6, 6.07) is 4.47. The molecule has 1 saturated carbocycles. The first-order valence-electron chi connectivity index (χ1n) is 8.41. The summed E-state index contributed by atoms with van der Waals surface area (Å²) in [5.41, 5.74) is 9.70. The van der Waals surface area contributed by atoms with E-state index in [-0.39, 0.29) is 11.6 Å². The highest BCUT2D eigenvalue weighted by Crippen LogP contribution is 2.44. The summed E-state index contributed by atoms with van der Waals surface area (Å²) in [7, 11) is 4.42. The van der Waals surface area contributed by atoms with E-state index >= 15 is 0 Å². The second kappa shape index (κ2) is 5.69. The Labute approximate surface area is 128 Å². The Morgan fingerprint density at radius 3 is 2.67 bits per heavy atom. The normalized spacial score (nSPS) is 34.0. The SMILES string of the molecule is CC1CCC(C(N)C2CCc3cccnc32)(N(C)C)CC1. The molecular weight excluding hydrogens is 258 g/mol. The predicted molar refractivity (Wildman–Crippen MR) is 87.3 cm³/mol. The van der Waals surface area contributed by atoms with Gasteiger partial charge in [-0.2, -0.15) is 0 Å². The van der Waals surface area contributed by atoms with Gasteiger partial charge < -0.3 is 10.6 Å². The van der Waals surface area contributed by atoms with Gasteiger partial charge in [-0.15, -0.1) is 0 Å². The van der Waals surface area contributed by atoms with E-state index in [1.807, 2.05) is 6.20 Å².